The van der Waals surface area contributed by atoms with E-state index in [1.54, 1.807) is 35.8 Å². The highest BCUT2D eigenvalue weighted by Gasteiger charge is 2.73. The number of benzene rings is 2. The van der Waals surface area contributed by atoms with Gasteiger partial charge in [-0.05, 0) is 18.6 Å². The highest BCUT2D eigenvalue weighted by atomic mass is 19.4. The number of fused-ring (bicyclic) bond motifs is 1. The van der Waals surface area contributed by atoms with Crippen LogP contribution in [0.3, 0.4) is 0 Å². The van der Waals surface area contributed by atoms with Gasteiger partial charge in [0.05, 0.1) is 11.1 Å². The van der Waals surface area contributed by atoms with Crippen LogP contribution in [0.2, 0.25) is 0 Å². The minimum atomic E-state index is -6.48. The van der Waals surface area contributed by atoms with E-state index in [-0.39, 0.29) is 17.8 Å². The van der Waals surface area contributed by atoms with Crippen LogP contribution in [0.15, 0.2) is 53.6 Å². The van der Waals surface area contributed by atoms with Crippen molar-refractivity contribution in [3.63, 3.8) is 0 Å². The van der Waals surface area contributed by atoms with Crippen LogP contribution in [-0.4, -0.2) is 33.9 Å². The summed E-state index contributed by atoms with van der Waals surface area (Å²) in [7, 11) is 0. The van der Waals surface area contributed by atoms with Gasteiger partial charge in [-0.15, -0.1) is 0 Å². The zero-order valence-corrected chi connectivity index (χ0v) is 16.7. The minimum absolute atomic E-state index is 0.108. The van der Waals surface area contributed by atoms with Gasteiger partial charge in [-0.3, -0.25) is 10.1 Å². The zero-order chi connectivity index (χ0) is 24.6. The van der Waals surface area contributed by atoms with Crippen molar-refractivity contribution in [1.82, 2.24) is 9.99 Å². The number of hydrazone groups is 1. The highest BCUT2D eigenvalue weighted by molar-refractivity contribution is 6.01. The summed E-state index contributed by atoms with van der Waals surface area (Å²) >= 11 is 0. The number of halogens is 7. The first-order chi connectivity index (χ1) is 15.3. The molecule has 0 saturated heterocycles. The monoisotopic (exact) mass is 476 g/mol. The van der Waals surface area contributed by atoms with Gasteiger partial charge >= 0.3 is 18.1 Å². The van der Waals surface area contributed by atoms with E-state index in [0.717, 1.165) is 6.21 Å². The summed E-state index contributed by atoms with van der Waals surface area (Å²) in [5, 5.41) is 14.2. The van der Waals surface area contributed by atoms with Gasteiger partial charge in [0.25, 0.3) is 5.69 Å². The Kier molecular flexibility index (Phi) is 6.09. The molecule has 13 heteroatoms. The second-order valence-corrected chi connectivity index (χ2v) is 7.04. The Labute approximate surface area is 181 Å². The number of nitrogens with one attached hydrogen (secondary N) is 1. The molecule has 6 nitrogen and oxygen atoms in total. The van der Waals surface area contributed by atoms with E-state index in [0.29, 0.717) is 27.6 Å². The van der Waals surface area contributed by atoms with Gasteiger partial charge < -0.3 is 4.57 Å². The van der Waals surface area contributed by atoms with Crippen LogP contribution in [0.25, 0.3) is 10.9 Å². The summed E-state index contributed by atoms with van der Waals surface area (Å²) in [6, 6.07) is 6.59. The Morgan fingerprint density at radius 3 is 2.21 bits per heavy atom. The number of non-ortho nitro benzene ring substituents is 1. The summed E-state index contributed by atoms with van der Waals surface area (Å²) in [6.45, 7) is 1.79. The molecule has 2 aromatic carbocycles. The Bertz CT molecular complexity index is 1200. The largest absolute Gasteiger partial charge is 0.462 e. The smallest absolute Gasteiger partial charge is 0.340 e. The predicted molar refractivity (Wildman–Crippen MR) is 106 cm³/mol. The van der Waals surface area contributed by atoms with Gasteiger partial charge in [0, 0.05) is 40.8 Å². The number of aromatic nitrogens is 1. The average molecular weight is 476 g/mol. The Morgan fingerprint density at radius 2 is 1.64 bits per heavy atom. The van der Waals surface area contributed by atoms with Crippen molar-refractivity contribution in [1.29, 1.82) is 0 Å². The molecule has 0 unspecified atom stereocenters. The van der Waals surface area contributed by atoms with Crippen molar-refractivity contribution in [2.75, 3.05) is 0 Å². The Morgan fingerprint density at radius 1 is 1.03 bits per heavy atom. The summed E-state index contributed by atoms with van der Waals surface area (Å²) in [5.74, 6) is -6.34. The van der Waals surface area contributed by atoms with Gasteiger partial charge in [-0.1, -0.05) is 30.3 Å². The fourth-order valence-electron chi connectivity index (χ4n) is 3.16. The quantitative estimate of drug-likeness (QED) is 0.158. The number of nitro benzene ring substituents is 1. The van der Waals surface area contributed by atoms with Gasteiger partial charge in [-0.2, -0.15) is 35.8 Å². The van der Waals surface area contributed by atoms with Crippen molar-refractivity contribution in [2.45, 2.75) is 31.6 Å². The summed E-state index contributed by atoms with van der Waals surface area (Å²) in [5.41, 5.74) is 2.44. The third kappa shape index (κ3) is 4.47. The number of hydrogen-bond acceptors (Lipinski definition) is 4. The number of hydrogen-bond donors (Lipinski definition) is 1. The molecule has 0 atom stereocenters. The molecule has 0 radical (unpaired) electrons. The van der Waals surface area contributed by atoms with Crippen molar-refractivity contribution < 1.29 is 35.7 Å². The van der Waals surface area contributed by atoms with Crippen LogP contribution in [-0.2, 0) is 6.54 Å². The molecule has 33 heavy (non-hydrogen) atoms. The van der Waals surface area contributed by atoms with Crippen LogP contribution < -0.4 is 5.43 Å². The van der Waals surface area contributed by atoms with Gasteiger partial charge in [0.1, 0.15) is 0 Å². The van der Waals surface area contributed by atoms with Gasteiger partial charge in [0.2, 0.25) is 0 Å². The first-order valence-electron chi connectivity index (χ1n) is 9.20. The average Bonchev–Trinajstić information content (AvgIpc) is 2.99. The second kappa shape index (κ2) is 8.37. The van der Waals surface area contributed by atoms with E-state index in [9.17, 15) is 40.8 Å². The molecule has 0 saturated carbocycles. The lowest BCUT2D eigenvalue weighted by Crippen LogP contribution is -2.58. The second-order valence-electron chi connectivity index (χ2n) is 7.04. The standard InChI is InChI=1S/C20H15F7N4O2/c1-12-16(10-28-29-20(26,27)18(21,22)19(23,24)25)15-4-2-3-5-17(15)30(12)11-13-6-8-14(9-7-13)31(32)33/h2-10,29H,11H2,1H3/b28-10+. The third-order valence-electron chi connectivity index (χ3n) is 4.92. The number of nitrogens with zero attached hydrogens (tertiary/aromatic N) is 3. The molecule has 0 aliphatic rings. The van der Waals surface area contributed by atoms with Crippen LogP contribution in [0, 0.1) is 17.0 Å². The van der Waals surface area contributed by atoms with Crippen molar-refractivity contribution >= 4 is 22.8 Å². The van der Waals surface area contributed by atoms with E-state index in [1.165, 1.54) is 24.3 Å². The lowest BCUT2D eigenvalue weighted by molar-refractivity contribution is -0.384. The number of alkyl halides is 7. The van der Waals surface area contributed by atoms with Crippen molar-refractivity contribution in [3.8, 4) is 0 Å². The molecule has 0 amide bonds. The van der Waals surface area contributed by atoms with Crippen LogP contribution in [0.1, 0.15) is 16.8 Å². The normalized spacial score (nSPS) is 13.1. The molecule has 0 fully saturated rings. The lowest BCUT2D eigenvalue weighted by atomic mass is 10.1. The van der Waals surface area contributed by atoms with E-state index in [4.69, 9.17) is 0 Å². The molecular formula is C20H15F7N4O2. The predicted octanol–water partition coefficient (Wildman–Crippen LogP) is 5.62. The number of para-hydroxylation sites is 1. The zero-order valence-electron chi connectivity index (χ0n) is 16.7. The summed E-state index contributed by atoms with van der Waals surface area (Å²) < 4.78 is 91.5. The SMILES string of the molecule is Cc1c(/C=N/NC(F)(F)C(F)(F)C(F)(F)F)c2ccccc2n1Cc1ccc([N+](=O)[O-])cc1. The molecule has 0 spiro atoms. The first-order valence-corrected chi connectivity index (χ1v) is 9.20. The van der Waals surface area contributed by atoms with Crippen LogP contribution in [0.4, 0.5) is 36.4 Å². The molecule has 1 heterocycles. The molecule has 1 N–H and O–H groups in total. The maximum Gasteiger partial charge on any atom is 0.462 e. The van der Waals surface area contributed by atoms with Gasteiger partial charge in [0.15, 0.2) is 0 Å². The topological polar surface area (TPSA) is 72.5 Å². The first kappa shape index (κ1) is 24.0. The fourth-order valence-corrected chi connectivity index (χ4v) is 3.16. The summed E-state index contributed by atoms with van der Waals surface area (Å²) in [4.78, 5) is 10.3. The molecular weight excluding hydrogens is 461 g/mol. The van der Waals surface area contributed by atoms with E-state index < -0.39 is 23.1 Å². The minimum Gasteiger partial charge on any atom is -0.340 e. The lowest BCUT2D eigenvalue weighted by Gasteiger charge is -2.27. The number of rotatable bonds is 7. The van der Waals surface area contributed by atoms with E-state index in [1.807, 2.05) is 0 Å². The molecule has 0 aliphatic carbocycles. The van der Waals surface area contributed by atoms with Crippen LogP contribution in [0.5, 0.6) is 0 Å². The Balaban J connectivity index is 1.93. The van der Waals surface area contributed by atoms with Crippen molar-refractivity contribution in [3.05, 3.63) is 75.5 Å². The third-order valence-corrected chi connectivity index (χ3v) is 4.92. The fraction of sp³-hybridized carbons (Fsp3) is 0.250. The van der Waals surface area contributed by atoms with Crippen molar-refractivity contribution in [2.24, 2.45) is 5.10 Å². The number of nitro groups is 1. The molecule has 3 aromatic rings. The molecule has 0 aliphatic heterocycles. The van der Waals surface area contributed by atoms with Crippen LogP contribution >= 0.6 is 0 Å². The van der Waals surface area contributed by atoms with Gasteiger partial charge in [-0.25, -0.2) is 5.43 Å². The summed E-state index contributed by atoms with van der Waals surface area (Å²) in [6.07, 6.45) is -5.74. The molecule has 176 valence electrons. The maximum atomic E-state index is 13.4. The molecule has 0 bridgehead atoms. The Hall–Kier alpha value is -3.64. The molecule has 3 rings (SSSR count). The molecule has 1 aromatic heterocycles. The van der Waals surface area contributed by atoms with E-state index in [2.05, 4.69) is 5.10 Å². The van der Waals surface area contributed by atoms with E-state index >= 15 is 0 Å². The maximum absolute atomic E-state index is 13.4. The highest BCUT2D eigenvalue weighted by Crippen LogP contribution is 2.45.